The summed E-state index contributed by atoms with van der Waals surface area (Å²) >= 11 is 12.9. The highest BCUT2D eigenvalue weighted by Crippen LogP contribution is 2.47. The van der Waals surface area contributed by atoms with Crippen LogP contribution in [0.15, 0.2) is 35.1 Å². The van der Waals surface area contributed by atoms with Gasteiger partial charge in [-0.1, -0.05) is 47.6 Å². The summed E-state index contributed by atoms with van der Waals surface area (Å²) < 4.78 is 33.6. The highest BCUT2D eigenvalue weighted by atomic mass is 35.5. The van der Waals surface area contributed by atoms with E-state index in [2.05, 4.69) is 15.1 Å². The van der Waals surface area contributed by atoms with E-state index < -0.39 is 11.8 Å². The van der Waals surface area contributed by atoms with Crippen molar-refractivity contribution in [3.8, 4) is 17.0 Å². The van der Waals surface area contributed by atoms with Crippen LogP contribution in [-0.2, 0) is 11.3 Å². The number of nitrogens with zero attached hydrogens (tertiary/aromatic N) is 3. The smallest absolute Gasteiger partial charge is 0.354 e. The van der Waals surface area contributed by atoms with Crippen molar-refractivity contribution in [2.45, 2.75) is 89.1 Å². The van der Waals surface area contributed by atoms with Gasteiger partial charge in [-0.15, -0.1) is 0 Å². The van der Waals surface area contributed by atoms with Crippen molar-refractivity contribution in [1.82, 2.24) is 15.1 Å². The summed E-state index contributed by atoms with van der Waals surface area (Å²) in [5.74, 6) is 0.168. The molecule has 0 amide bonds. The molecule has 3 aliphatic carbocycles. The number of hydrogen-bond acceptors (Lipinski definition) is 7. The number of pyridine rings is 2. The normalized spacial score (nSPS) is 17.8. The van der Waals surface area contributed by atoms with E-state index in [1.54, 1.807) is 18.5 Å². The van der Waals surface area contributed by atoms with Crippen LogP contribution in [0.1, 0.15) is 110 Å². The fourth-order valence-electron chi connectivity index (χ4n) is 6.90. The lowest BCUT2D eigenvalue weighted by atomic mass is 9.72. The first-order valence-electron chi connectivity index (χ1n) is 16.2. The Morgan fingerprint density at radius 3 is 2.48 bits per heavy atom. The molecular formula is C35H36Cl2FN3O5. The Balaban J connectivity index is 1.02. The van der Waals surface area contributed by atoms with Gasteiger partial charge < -0.3 is 19.1 Å². The van der Waals surface area contributed by atoms with Crippen molar-refractivity contribution in [3.63, 3.8) is 0 Å². The summed E-state index contributed by atoms with van der Waals surface area (Å²) in [5, 5.41) is 15.3. The minimum Gasteiger partial charge on any atom is -0.493 e. The van der Waals surface area contributed by atoms with Crippen molar-refractivity contribution < 1.29 is 28.3 Å². The van der Waals surface area contributed by atoms with Gasteiger partial charge in [0.1, 0.15) is 28.4 Å². The van der Waals surface area contributed by atoms with Gasteiger partial charge in [0.15, 0.2) is 5.82 Å². The summed E-state index contributed by atoms with van der Waals surface area (Å²) in [6.07, 6.45) is 14.5. The number of hydrogen-bond donors (Lipinski definition) is 1. The second-order valence-corrected chi connectivity index (χ2v) is 13.9. The molecule has 1 N–H and O–H groups in total. The molecule has 0 saturated heterocycles. The highest BCUT2D eigenvalue weighted by molar-refractivity contribution is 6.38. The van der Waals surface area contributed by atoms with E-state index in [9.17, 15) is 9.90 Å². The average Bonchev–Trinajstić information content (AvgIpc) is 3.99. The Morgan fingerprint density at radius 2 is 1.78 bits per heavy atom. The summed E-state index contributed by atoms with van der Waals surface area (Å²) in [5.41, 5.74) is 2.88. The molecule has 0 radical (unpaired) electrons. The SMILES string of the molecule is O=C(O)c1cc(C2CC2)c2cc(OCC3(CCCOCc4c(-c5c(Cl)cncc5Cl)noc4C4CC4)CCCCC3)cc(F)c2n1. The third-order valence-electron chi connectivity index (χ3n) is 9.67. The van der Waals surface area contributed by atoms with Gasteiger partial charge in [0.2, 0.25) is 0 Å². The standard InChI is InChI=1S/C35H36Cl2FN3O5/c36-26-16-39-17-27(37)30(26)32-25(33(46-41-32)21-7-8-21)18-44-12-4-11-35(9-2-1-3-10-35)19-45-22-13-24-23(20-5-6-20)15-29(34(42)43)40-31(24)28(38)14-22/h13-17,20-21H,1-12,18-19H2,(H,42,43). The first kappa shape index (κ1) is 31.3. The molecule has 11 heteroatoms. The fraction of sp³-hybridized carbons (Fsp3) is 0.486. The first-order chi connectivity index (χ1) is 22.3. The molecule has 0 spiro atoms. The molecule has 0 unspecified atom stereocenters. The van der Waals surface area contributed by atoms with Gasteiger partial charge in [0.05, 0.1) is 23.3 Å². The van der Waals surface area contributed by atoms with Crippen LogP contribution in [0.25, 0.3) is 22.2 Å². The van der Waals surface area contributed by atoms with Crippen LogP contribution in [0.2, 0.25) is 10.0 Å². The number of fused-ring (bicyclic) bond motifs is 1. The van der Waals surface area contributed by atoms with E-state index in [-0.39, 0.29) is 22.5 Å². The number of benzene rings is 1. The fourth-order valence-corrected chi connectivity index (χ4v) is 7.44. The third kappa shape index (κ3) is 6.60. The lowest BCUT2D eigenvalue weighted by molar-refractivity contribution is 0.0614. The zero-order valence-electron chi connectivity index (χ0n) is 25.5. The molecule has 0 aliphatic heterocycles. The Kier molecular flexibility index (Phi) is 8.92. The minimum absolute atomic E-state index is 0.0304. The van der Waals surface area contributed by atoms with Gasteiger partial charge in [-0.05, 0) is 75.0 Å². The van der Waals surface area contributed by atoms with Crippen molar-refractivity contribution >= 4 is 40.1 Å². The quantitative estimate of drug-likeness (QED) is 0.140. The van der Waals surface area contributed by atoms with Crippen molar-refractivity contribution in [3.05, 3.63) is 69.0 Å². The van der Waals surface area contributed by atoms with Crippen LogP contribution in [-0.4, -0.2) is 39.4 Å². The van der Waals surface area contributed by atoms with Crippen molar-refractivity contribution in [1.29, 1.82) is 0 Å². The average molecular weight is 669 g/mol. The highest BCUT2D eigenvalue weighted by Gasteiger charge is 2.35. The summed E-state index contributed by atoms with van der Waals surface area (Å²) in [7, 11) is 0. The molecule has 3 heterocycles. The van der Waals surface area contributed by atoms with E-state index in [0.29, 0.717) is 58.2 Å². The summed E-state index contributed by atoms with van der Waals surface area (Å²) in [6, 6.07) is 4.76. The molecular weight excluding hydrogens is 632 g/mol. The predicted octanol–water partition coefficient (Wildman–Crippen LogP) is 9.51. The van der Waals surface area contributed by atoms with Crippen LogP contribution in [0.4, 0.5) is 4.39 Å². The van der Waals surface area contributed by atoms with E-state index in [1.807, 2.05) is 6.07 Å². The van der Waals surface area contributed by atoms with Crippen LogP contribution >= 0.6 is 23.2 Å². The lowest BCUT2D eigenvalue weighted by Crippen LogP contribution is -2.31. The van der Waals surface area contributed by atoms with E-state index >= 15 is 4.39 Å². The molecule has 3 fully saturated rings. The van der Waals surface area contributed by atoms with E-state index in [1.165, 1.54) is 12.5 Å². The Labute approximate surface area is 276 Å². The van der Waals surface area contributed by atoms with Gasteiger partial charge in [-0.2, -0.15) is 0 Å². The molecule has 3 aliphatic rings. The van der Waals surface area contributed by atoms with Gasteiger partial charge >= 0.3 is 5.97 Å². The number of aromatic nitrogens is 3. The lowest BCUT2D eigenvalue weighted by Gasteiger charge is -2.37. The van der Waals surface area contributed by atoms with Gasteiger partial charge in [0.25, 0.3) is 0 Å². The topological polar surface area (TPSA) is 108 Å². The number of ether oxygens (including phenoxy) is 2. The van der Waals surface area contributed by atoms with E-state index in [0.717, 1.165) is 81.1 Å². The van der Waals surface area contributed by atoms with Crippen molar-refractivity contribution in [2.75, 3.05) is 13.2 Å². The second-order valence-electron chi connectivity index (χ2n) is 13.1. The van der Waals surface area contributed by atoms with Crippen molar-refractivity contribution in [2.24, 2.45) is 5.41 Å². The first-order valence-corrected chi connectivity index (χ1v) is 16.9. The Hall–Kier alpha value is -3.27. The Morgan fingerprint density at radius 1 is 1.04 bits per heavy atom. The van der Waals surface area contributed by atoms with Crippen LogP contribution in [0.5, 0.6) is 5.75 Å². The molecule has 7 rings (SSSR count). The number of carboxylic acids is 1. The molecule has 4 aromatic rings. The van der Waals surface area contributed by atoms with Gasteiger partial charge in [-0.3, -0.25) is 4.98 Å². The third-order valence-corrected chi connectivity index (χ3v) is 10.2. The Bertz CT molecular complexity index is 1740. The number of carbonyl (C=O) groups is 1. The zero-order chi connectivity index (χ0) is 31.8. The molecule has 46 heavy (non-hydrogen) atoms. The maximum atomic E-state index is 15.3. The number of aromatic carboxylic acids is 1. The van der Waals surface area contributed by atoms with Crippen LogP contribution < -0.4 is 4.74 Å². The van der Waals surface area contributed by atoms with E-state index in [4.69, 9.17) is 37.2 Å². The summed E-state index contributed by atoms with van der Waals surface area (Å²) in [6.45, 7) is 1.39. The second kappa shape index (κ2) is 13.1. The maximum absolute atomic E-state index is 15.3. The predicted molar refractivity (Wildman–Crippen MR) is 172 cm³/mol. The number of halogens is 3. The van der Waals surface area contributed by atoms with Gasteiger partial charge in [-0.25, -0.2) is 14.2 Å². The zero-order valence-corrected chi connectivity index (χ0v) is 27.0. The molecule has 0 bridgehead atoms. The minimum atomic E-state index is -1.15. The maximum Gasteiger partial charge on any atom is 0.354 e. The molecule has 1 aromatic carbocycles. The molecule has 3 aromatic heterocycles. The molecule has 242 valence electrons. The largest absolute Gasteiger partial charge is 0.493 e. The van der Waals surface area contributed by atoms with Crippen LogP contribution in [0.3, 0.4) is 0 Å². The molecule has 0 atom stereocenters. The summed E-state index contributed by atoms with van der Waals surface area (Å²) in [4.78, 5) is 19.8. The number of rotatable bonds is 13. The monoisotopic (exact) mass is 667 g/mol. The molecule has 3 saturated carbocycles. The van der Waals surface area contributed by atoms with Gasteiger partial charge in [0, 0.05) is 52.9 Å². The van der Waals surface area contributed by atoms with Crippen LogP contribution in [0, 0.1) is 11.2 Å². The molecule has 8 nitrogen and oxygen atoms in total. The number of carboxylic acid groups (broad SMARTS) is 1.